The topological polar surface area (TPSA) is 74.6 Å². The predicted octanol–water partition coefficient (Wildman–Crippen LogP) is 3.51. The molecule has 0 radical (unpaired) electrons. The fourth-order valence-corrected chi connectivity index (χ4v) is 2.94. The van der Waals surface area contributed by atoms with Gasteiger partial charge in [-0.25, -0.2) is 0 Å². The van der Waals surface area contributed by atoms with Gasteiger partial charge in [-0.05, 0) is 30.6 Å². The molecule has 0 spiro atoms. The number of hydrogen-bond acceptors (Lipinski definition) is 2. The SMILES string of the molecule is CC(C)CC(C(=O)O)C(CC(C)C)(C(=O)O)C(C)C. The molecular weight excluding hydrogens is 244 g/mol. The minimum Gasteiger partial charge on any atom is -0.481 e. The molecule has 112 valence electrons. The van der Waals surface area contributed by atoms with Crippen LogP contribution in [-0.4, -0.2) is 22.2 Å². The van der Waals surface area contributed by atoms with Crippen molar-refractivity contribution in [1.82, 2.24) is 0 Å². The molecule has 0 fully saturated rings. The van der Waals surface area contributed by atoms with Gasteiger partial charge in [0, 0.05) is 0 Å². The Morgan fingerprint density at radius 1 is 0.947 bits per heavy atom. The van der Waals surface area contributed by atoms with E-state index in [9.17, 15) is 19.8 Å². The molecule has 0 aliphatic rings. The third-order valence-corrected chi connectivity index (χ3v) is 3.80. The van der Waals surface area contributed by atoms with E-state index in [-0.39, 0.29) is 17.8 Å². The minimum absolute atomic E-state index is 0.146. The average Bonchev–Trinajstić information content (AvgIpc) is 2.20. The van der Waals surface area contributed by atoms with E-state index in [1.54, 1.807) is 0 Å². The van der Waals surface area contributed by atoms with Crippen LogP contribution < -0.4 is 0 Å². The molecule has 0 aliphatic carbocycles. The molecule has 2 unspecified atom stereocenters. The number of carboxylic acid groups (broad SMARTS) is 2. The van der Waals surface area contributed by atoms with Crippen LogP contribution in [0.3, 0.4) is 0 Å². The van der Waals surface area contributed by atoms with Crippen molar-refractivity contribution in [2.75, 3.05) is 0 Å². The lowest BCUT2D eigenvalue weighted by Gasteiger charge is -2.40. The zero-order chi connectivity index (χ0) is 15.4. The Labute approximate surface area is 116 Å². The van der Waals surface area contributed by atoms with Crippen LogP contribution in [0.5, 0.6) is 0 Å². The van der Waals surface area contributed by atoms with Crippen LogP contribution in [0.25, 0.3) is 0 Å². The minimum atomic E-state index is -1.19. The second-order valence-electron chi connectivity index (χ2n) is 6.62. The maximum atomic E-state index is 11.9. The molecule has 0 aromatic rings. The van der Waals surface area contributed by atoms with Gasteiger partial charge in [-0.2, -0.15) is 0 Å². The maximum absolute atomic E-state index is 11.9. The maximum Gasteiger partial charge on any atom is 0.310 e. The molecule has 0 heterocycles. The Morgan fingerprint density at radius 2 is 1.42 bits per heavy atom. The molecule has 0 saturated carbocycles. The van der Waals surface area contributed by atoms with Crippen molar-refractivity contribution in [3.63, 3.8) is 0 Å². The van der Waals surface area contributed by atoms with Gasteiger partial charge in [0.25, 0.3) is 0 Å². The van der Waals surface area contributed by atoms with Gasteiger partial charge in [0.15, 0.2) is 0 Å². The van der Waals surface area contributed by atoms with Gasteiger partial charge >= 0.3 is 11.9 Å². The second-order valence-corrected chi connectivity index (χ2v) is 6.62. The summed E-state index contributed by atoms with van der Waals surface area (Å²) in [5.74, 6) is -2.73. The molecule has 2 N–H and O–H groups in total. The molecule has 2 atom stereocenters. The van der Waals surface area contributed by atoms with Crippen molar-refractivity contribution in [1.29, 1.82) is 0 Å². The summed E-state index contributed by atoms with van der Waals surface area (Å²) in [6.07, 6.45) is 0.788. The van der Waals surface area contributed by atoms with Crippen molar-refractivity contribution in [3.05, 3.63) is 0 Å². The van der Waals surface area contributed by atoms with E-state index >= 15 is 0 Å². The number of aliphatic carboxylic acids is 2. The Balaban J connectivity index is 5.73. The Morgan fingerprint density at radius 3 is 1.63 bits per heavy atom. The summed E-state index contributed by atoms with van der Waals surface area (Å²) >= 11 is 0. The molecule has 4 nitrogen and oxygen atoms in total. The van der Waals surface area contributed by atoms with Crippen molar-refractivity contribution in [3.8, 4) is 0 Å². The largest absolute Gasteiger partial charge is 0.481 e. The number of carboxylic acids is 2. The molecule has 19 heavy (non-hydrogen) atoms. The lowest BCUT2D eigenvalue weighted by Crippen LogP contribution is -2.48. The van der Waals surface area contributed by atoms with Crippen LogP contribution in [0.1, 0.15) is 54.4 Å². The van der Waals surface area contributed by atoms with Crippen molar-refractivity contribution >= 4 is 11.9 Å². The van der Waals surface area contributed by atoms with Gasteiger partial charge in [0.2, 0.25) is 0 Å². The summed E-state index contributed by atoms with van der Waals surface area (Å²) in [6, 6.07) is 0. The Kier molecular flexibility index (Phi) is 6.53. The zero-order valence-electron chi connectivity index (χ0n) is 12.9. The quantitative estimate of drug-likeness (QED) is 0.709. The Hall–Kier alpha value is -1.06. The standard InChI is InChI=1S/C15H28O4/c1-9(2)7-12(13(16)17)15(11(5)6,14(18)19)8-10(3)4/h9-12H,7-8H2,1-6H3,(H,16,17)(H,18,19). The highest BCUT2D eigenvalue weighted by Gasteiger charge is 2.51. The summed E-state index contributed by atoms with van der Waals surface area (Å²) in [7, 11) is 0. The van der Waals surface area contributed by atoms with Gasteiger partial charge < -0.3 is 10.2 Å². The number of carbonyl (C=O) groups is 2. The molecule has 0 rings (SSSR count). The highest BCUT2D eigenvalue weighted by molar-refractivity contribution is 5.83. The molecule has 0 aromatic carbocycles. The van der Waals surface area contributed by atoms with Gasteiger partial charge in [-0.15, -0.1) is 0 Å². The van der Waals surface area contributed by atoms with Gasteiger partial charge in [-0.1, -0.05) is 41.5 Å². The van der Waals surface area contributed by atoms with Crippen molar-refractivity contribution in [2.24, 2.45) is 29.1 Å². The Bertz CT molecular complexity index is 320. The van der Waals surface area contributed by atoms with Gasteiger partial charge in [-0.3, -0.25) is 9.59 Å². The fraction of sp³-hybridized carbons (Fsp3) is 0.867. The van der Waals surface area contributed by atoms with Crippen molar-refractivity contribution < 1.29 is 19.8 Å². The highest BCUT2D eigenvalue weighted by atomic mass is 16.4. The van der Waals surface area contributed by atoms with Crippen LogP contribution in [0.4, 0.5) is 0 Å². The van der Waals surface area contributed by atoms with Crippen LogP contribution in [0.2, 0.25) is 0 Å². The van der Waals surface area contributed by atoms with E-state index < -0.39 is 23.3 Å². The first-order chi connectivity index (χ1) is 8.55. The summed E-state index contributed by atoms with van der Waals surface area (Å²) in [4.78, 5) is 23.5. The molecule has 4 heteroatoms. The number of rotatable bonds is 8. The van der Waals surface area contributed by atoms with E-state index in [1.807, 2.05) is 41.5 Å². The van der Waals surface area contributed by atoms with Crippen LogP contribution in [0.15, 0.2) is 0 Å². The molecular formula is C15H28O4. The smallest absolute Gasteiger partial charge is 0.310 e. The zero-order valence-corrected chi connectivity index (χ0v) is 12.9. The molecule has 0 amide bonds. The fourth-order valence-electron chi connectivity index (χ4n) is 2.94. The first-order valence-corrected chi connectivity index (χ1v) is 7.01. The van der Waals surface area contributed by atoms with Crippen LogP contribution in [-0.2, 0) is 9.59 Å². The van der Waals surface area contributed by atoms with E-state index in [0.29, 0.717) is 12.8 Å². The molecule has 0 saturated heterocycles. The number of hydrogen-bond donors (Lipinski definition) is 2. The van der Waals surface area contributed by atoms with E-state index in [2.05, 4.69) is 0 Å². The summed E-state index contributed by atoms with van der Waals surface area (Å²) in [5.41, 5.74) is -1.19. The first-order valence-electron chi connectivity index (χ1n) is 7.01. The normalized spacial score (nSPS) is 16.7. The summed E-state index contributed by atoms with van der Waals surface area (Å²) in [6.45, 7) is 11.4. The van der Waals surface area contributed by atoms with Crippen molar-refractivity contribution in [2.45, 2.75) is 54.4 Å². The lowest BCUT2D eigenvalue weighted by atomic mass is 9.61. The third kappa shape index (κ3) is 4.22. The van der Waals surface area contributed by atoms with E-state index in [1.165, 1.54) is 0 Å². The predicted molar refractivity (Wildman–Crippen MR) is 74.9 cm³/mol. The monoisotopic (exact) mass is 272 g/mol. The van der Waals surface area contributed by atoms with Gasteiger partial charge in [0.1, 0.15) is 0 Å². The second kappa shape index (κ2) is 6.92. The van der Waals surface area contributed by atoms with E-state index in [0.717, 1.165) is 0 Å². The van der Waals surface area contributed by atoms with Crippen LogP contribution >= 0.6 is 0 Å². The summed E-state index contributed by atoms with van der Waals surface area (Å²) in [5, 5.41) is 19.2. The highest BCUT2D eigenvalue weighted by Crippen LogP contribution is 2.45. The molecule has 0 aromatic heterocycles. The first kappa shape index (κ1) is 17.9. The van der Waals surface area contributed by atoms with Crippen LogP contribution in [0, 0.1) is 29.1 Å². The van der Waals surface area contributed by atoms with E-state index in [4.69, 9.17) is 0 Å². The summed E-state index contributed by atoms with van der Waals surface area (Å²) < 4.78 is 0. The molecule has 0 bridgehead atoms. The average molecular weight is 272 g/mol. The molecule has 0 aliphatic heterocycles. The van der Waals surface area contributed by atoms with Gasteiger partial charge in [0.05, 0.1) is 11.3 Å². The lowest BCUT2D eigenvalue weighted by molar-refractivity contribution is -0.169. The third-order valence-electron chi connectivity index (χ3n) is 3.80.